The fourth-order valence-electron chi connectivity index (χ4n) is 2.35. The molecule has 0 atom stereocenters. The summed E-state index contributed by atoms with van der Waals surface area (Å²) in [6, 6.07) is 9.89. The normalized spacial score (nSPS) is 15.5. The van der Waals surface area contributed by atoms with Crippen molar-refractivity contribution in [2.24, 2.45) is 5.73 Å². The molecule has 0 amide bonds. The van der Waals surface area contributed by atoms with Crippen molar-refractivity contribution in [3.63, 3.8) is 0 Å². The number of hydrogen-bond donors (Lipinski definition) is 4. The zero-order valence-electron chi connectivity index (χ0n) is 12.4. The molecule has 0 spiro atoms. The highest BCUT2D eigenvalue weighted by atomic mass is 15.5. The molecule has 0 saturated carbocycles. The Kier molecular flexibility index (Phi) is 4.79. The lowest BCUT2D eigenvalue weighted by molar-refractivity contribution is 0.286. The summed E-state index contributed by atoms with van der Waals surface area (Å²) >= 11 is 0. The highest BCUT2D eigenvalue weighted by molar-refractivity contribution is 5.59. The van der Waals surface area contributed by atoms with Crippen molar-refractivity contribution in [2.75, 3.05) is 36.9 Å². The van der Waals surface area contributed by atoms with E-state index in [9.17, 15) is 0 Å². The number of anilines is 3. The van der Waals surface area contributed by atoms with Crippen molar-refractivity contribution < 1.29 is 0 Å². The highest BCUT2D eigenvalue weighted by Crippen LogP contribution is 2.17. The van der Waals surface area contributed by atoms with Gasteiger partial charge in [-0.05, 0) is 17.7 Å². The van der Waals surface area contributed by atoms with Gasteiger partial charge < -0.3 is 21.8 Å². The first-order valence-electron chi connectivity index (χ1n) is 7.44. The fourth-order valence-corrected chi connectivity index (χ4v) is 2.35. The Morgan fingerprint density at radius 2 is 1.95 bits per heavy atom. The van der Waals surface area contributed by atoms with Gasteiger partial charge >= 0.3 is 0 Å². The van der Waals surface area contributed by atoms with E-state index in [2.05, 4.69) is 31.0 Å². The Hall–Kier alpha value is -2.22. The van der Waals surface area contributed by atoms with Gasteiger partial charge in [0.05, 0.1) is 0 Å². The average Bonchev–Trinajstić information content (AvgIpc) is 2.56. The van der Waals surface area contributed by atoms with Gasteiger partial charge in [0.25, 0.3) is 0 Å². The molecule has 1 aromatic heterocycles. The Bertz CT molecular complexity index is 610. The smallest absolute Gasteiger partial charge is 0.145 e. The summed E-state index contributed by atoms with van der Waals surface area (Å²) in [5, 5.41) is 8.75. The molecule has 0 aliphatic carbocycles. The summed E-state index contributed by atoms with van der Waals surface area (Å²) < 4.78 is 0. The molecule has 2 heterocycles. The molecular formula is C15H21N7. The number of nitrogens with zero attached hydrogens (tertiary/aromatic N) is 3. The first-order valence-corrected chi connectivity index (χ1v) is 7.44. The molecule has 7 heteroatoms. The van der Waals surface area contributed by atoms with Crippen LogP contribution in [0.4, 0.5) is 17.3 Å². The van der Waals surface area contributed by atoms with E-state index in [0.717, 1.165) is 49.1 Å². The van der Waals surface area contributed by atoms with Crippen molar-refractivity contribution in [3.05, 3.63) is 42.2 Å². The molecule has 0 unspecified atom stereocenters. The highest BCUT2D eigenvalue weighted by Gasteiger charge is 2.10. The Labute approximate surface area is 129 Å². The molecule has 1 fully saturated rings. The summed E-state index contributed by atoms with van der Waals surface area (Å²) in [5.74, 6) is 1.54. The molecule has 0 bridgehead atoms. The maximum atomic E-state index is 5.67. The fraction of sp³-hybridized carbons (Fsp3) is 0.333. The van der Waals surface area contributed by atoms with Crippen LogP contribution in [0, 0.1) is 0 Å². The topological polar surface area (TPSA) is 91.1 Å². The summed E-state index contributed by atoms with van der Waals surface area (Å²) in [7, 11) is 0. The van der Waals surface area contributed by atoms with Gasteiger partial charge in [-0.25, -0.2) is 15.0 Å². The number of aromatic nitrogens is 2. The monoisotopic (exact) mass is 299 g/mol. The molecule has 2 aromatic rings. The lowest BCUT2D eigenvalue weighted by Crippen LogP contribution is -2.46. The van der Waals surface area contributed by atoms with Crippen LogP contribution in [0.5, 0.6) is 0 Å². The van der Waals surface area contributed by atoms with Crippen LogP contribution in [0.25, 0.3) is 0 Å². The number of nitrogens with one attached hydrogen (secondary N) is 3. The van der Waals surface area contributed by atoms with E-state index in [1.807, 2.05) is 30.3 Å². The summed E-state index contributed by atoms with van der Waals surface area (Å²) in [4.78, 5) is 8.52. The summed E-state index contributed by atoms with van der Waals surface area (Å²) in [5.41, 5.74) is 11.0. The molecular weight excluding hydrogens is 278 g/mol. The quantitative estimate of drug-likeness (QED) is 0.652. The Morgan fingerprint density at radius 3 is 2.77 bits per heavy atom. The number of hydrogen-bond acceptors (Lipinski definition) is 7. The minimum Gasteiger partial charge on any atom is -0.340 e. The third-order valence-corrected chi connectivity index (χ3v) is 3.49. The van der Waals surface area contributed by atoms with E-state index in [-0.39, 0.29) is 0 Å². The lowest BCUT2D eigenvalue weighted by atomic mass is 10.2. The number of nitrogens with two attached hydrogens (primary N) is 1. The number of hydrazine groups is 1. The van der Waals surface area contributed by atoms with Gasteiger partial charge in [0.15, 0.2) is 0 Å². The summed E-state index contributed by atoms with van der Waals surface area (Å²) in [6.07, 6.45) is 1.56. The van der Waals surface area contributed by atoms with Gasteiger partial charge in [-0.1, -0.05) is 12.1 Å². The number of benzene rings is 1. The zero-order valence-corrected chi connectivity index (χ0v) is 12.4. The van der Waals surface area contributed by atoms with Gasteiger partial charge in [-0.15, -0.1) is 0 Å². The van der Waals surface area contributed by atoms with Crippen LogP contribution in [-0.2, 0) is 6.54 Å². The van der Waals surface area contributed by atoms with Crippen LogP contribution in [0.1, 0.15) is 5.56 Å². The zero-order chi connectivity index (χ0) is 15.2. The van der Waals surface area contributed by atoms with E-state index in [0.29, 0.717) is 6.54 Å². The lowest BCUT2D eigenvalue weighted by Gasteiger charge is -2.27. The molecule has 7 nitrogen and oxygen atoms in total. The van der Waals surface area contributed by atoms with Gasteiger partial charge in [-0.3, -0.25) is 0 Å². The molecule has 0 radical (unpaired) electrons. The standard InChI is InChI=1S/C15H21N7/c16-10-12-2-1-3-13(8-12)20-14-9-15(19-11-18-14)21-22-6-4-17-5-7-22/h1-3,8-9,11,17H,4-7,10,16H2,(H2,18,19,20,21). The van der Waals surface area contributed by atoms with Gasteiger partial charge in [-0.2, -0.15) is 0 Å². The van der Waals surface area contributed by atoms with Crippen molar-refractivity contribution in [3.8, 4) is 0 Å². The largest absolute Gasteiger partial charge is 0.340 e. The Morgan fingerprint density at radius 1 is 1.14 bits per heavy atom. The molecule has 1 aromatic carbocycles. The third-order valence-electron chi connectivity index (χ3n) is 3.49. The predicted octanol–water partition coefficient (Wildman–Crippen LogP) is 0.911. The Balaban J connectivity index is 1.67. The van der Waals surface area contributed by atoms with Gasteiger partial charge in [0.1, 0.15) is 18.0 Å². The van der Waals surface area contributed by atoms with Crippen LogP contribution in [0.3, 0.4) is 0 Å². The second-order valence-corrected chi connectivity index (χ2v) is 5.17. The van der Waals surface area contributed by atoms with E-state index >= 15 is 0 Å². The van der Waals surface area contributed by atoms with Crippen LogP contribution < -0.4 is 21.8 Å². The van der Waals surface area contributed by atoms with Gasteiger partial charge in [0, 0.05) is 44.5 Å². The van der Waals surface area contributed by atoms with Crippen LogP contribution in [0.2, 0.25) is 0 Å². The summed E-state index contributed by atoms with van der Waals surface area (Å²) in [6.45, 7) is 4.38. The average molecular weight is 299 g/mol. The number of piperazine rings is 1. The second kappa shape index (κ2) is 7.17. The minimum absolute atomic E-state index is 0.523. The van der Waals surface area contributed by atoms with Crippen LogP contribution in [-0.4, -0.2) is 41.2 Å². The van der Waals surface area contributed by atoms with Crippen LogP contribution in [0.15, 0.2) is 36.7 Å². The van der Waals surface area contributed by atoms with Crippen molar-refractivity contribution in [2.45, 2.75) is 6.54 Å². The van der Waals surface area contributed by atoms with Crippen LogP contribution >= 0.6 is 0 Å². The first kappa shape index (κ1) is 14.7. The van der Waals surface area contributed by atoms with E-state index in [1.54, 1.807) is 6.33 Å². The second-order valence-electron chi connectivity index (χ2n) is 5.17. The maximum Gasteiger partial charge on any atom is 0.145 e. The van der Waals surface area contributed by atoms with E-state index < -0.39 is 0 Å². The SMILES string of the molecule is NCc1cccc(Nc2cc(NN3CCNCC3)ncn2)c1. The van der Waals surface area contributed by atoms with E-state index in [4.69, 9.17) is 5.73 Å². The van der Waals surface area contributed by atoms with Crippen molar-refractivity contribution in [1.82, 2.24) is 20.3 Å². The van der Waals surface area contributed by atoms with E-state index in [1.165, 1.54) is 0 Å². The molecule has 1 aliphatic rings. The predicted molar refractivity (Wildman–Crippen MR) is 87.7 cm³/mol. The molecule has 3 rings (SSSR count). The van der Waals surface area contributed by atoms with Gasteiger partial charge in [0.2, 0.25) is 0 Å². The molecule has 22 heavy (non-hydrogen) atoms. The maximum absolute atomic E-state index is 5.67. The minimum atomic E-state index is 0.523. The first-order chi connectivity index (χ1) is 10.8. The molecule has 1 saturated heterocycles. The number of rotatable bonds is 5. The molecule has 1 aliphatic heterocycles. The van der Waals surface area contributed by atoms with Crippen molar-refractivity contribution >= 4 is 17.3 Å². The molecule has 116 valence electrons. The third kappa shape index (κ3) is 3.91. The van der Waals surface area contributed by atoms with Crippen molar-refractivity contribution in [1.29, 1.82) is 0 Å². The molecule has 5 N–H and O–H groups in total.